The van der Waals surface area contributed by atoms with Gasteiger partial charge in [0.15, 0.2) is 18.2 Å². The largest absolute Gasteiger partial charge is 0.463 e. The Morgan fingerprint density at radius 3 is 2.44 bits per heavy atom. The molecule has 0 atom stereocenters. The predicted octanol–water partition coefficient (Wildman–Crippen LogP) is 5.08. The summed E-state index contributed by atoms with van der Waals surface area (Å²) in [5.74, 6) is -0.940. The van der Waals surface area contributed by atoms with Crippen molar-refractivity contribution in [3.05, 3.63) is 101 Å². The average Bonchev–Trinajstić information content (AvgIpc) is 3.58. The Labute approximate surface area is 204 Å². The summed E-state index contributed by atoms with van der Waals surface area (Å²) in [4.78, 5) is 42.2. The van der Waals surface area contributed by atoms with Crippen LogP contribution in [0, 0.1) is 6.92 Å². The van der Waals surface area contributed by atoms with Crippen molar-refractivity contribution in [3.8, 4) is 11.5 Å². The first kappa shape index (κ1) is 22.7. The summed E-state index contributed by atoms with van der Waals surface area (Å²) in [7, 11) is 0. The zero-order valence-electron chi connectivity index (χ0n) is 19.1. The van der Waals surface area contributed by atoms with Crippen molar-refractivity contribution in [2.75, 3.05) is 11.9 Å². The minimum Gasteiger partial charge on any atom is -0.463 e. The molecule has 1 amide bonds. The Balaban J connectivity index is 1.27. The Morgan fingerprint density at radius 2 is 1.72 bits per heavy atom. The third-order valence-electron chi connectivity index (χ3n) is 5.45. The fourth-order valence-electron chi connectivity index (χ4n) is 3.63. The number of anilines is 1. The second-order valence-electron chi connectivity index (χ2n) is 7.88. The lowest BCUT2D eigenvalue weighted by molar-refractivity contribution is 0.0476. The normalized spacial score (nSPS) is 10.8. The Kier molecular flexibility index (Phi) is 6.10. The van der Waals surface area contributed by atoms with Crippen molar-refractivity contribution < 1.29 is 28.1 Å². The number of hydrogen-bond acceptors (Lipinski definition) is 8. The van der Waals surface area contributed by atoms with Crippen LogP contribution in [0.1, 0.15) is 36.8 Å². The Hall–Kier alpha value is -5.05. The number of ketones is 1. The summed E-state index contributed by atoms with van der Waals surface area (Å²) in [6.07, 6.45) is 1.49. The van der Waals surface area contributed by atoms with Crippen LogP contribution in [0.5, 0.6) is 0 Å². The first-order valence-electron chi connectivity index (χ1n) is 11.0. The van der Waals surface area contributed by atoms with Gasteiger partial charge in [0.2, 0.25) is 0 Å². The highest BCUT2D eigenvalue weighted by Crippen LogP contribution is 2.28. The second-order valence-corrected chi connectivity index (χ2v) is 7.88. The van der Waals surface area contributed by atoms with Gasteiger partial charge in [-0.1, -0.05) is 23.4 Å². The van der Waals surface area contributed by atoms with Gasteiger partial charge < -0.3 is 19.0 Å². The van der Waals surface area contributed by atoms with Crippen LogP contribution < -0.4 is 5.32 Å². The van der Waals surface area contributed by atoms with E-state index in [4.69, 9.17) is 13.7 Å². The monoisotopic (exact) mass is 481 g/mol. The number of furan rings is 1. The quantitative estimate of drug-likeness (QED) is 0.252. The molecule has 5 rings (SSSR count). The van der Waals surface area contributed by atoms with Gasteiger partial charge in [-0.05, 0) is 61.5 Å². The summed E-state index contributed by atoms with van der Waals surface area (Å²) in [5, 5.41) is 7.05. The van der Waals surface area contributed by atoms with E-state index in [-0.39, 0.29) is 17.2 Å². The maximum absolute atomic E-state index is 12.9. The van der Waals surface area contributed by atoms with Crippen molar-refractivity contribution in [3.63, 3.8) is 0 Å². The number of hydrogen-bond donors (Lipinski definition) is 1. The molecule has 36 heavy (non-hydrogen) atoms. The SMILES string of the molecule is Cc1noc2nc(-c3ccco3)cc(C(=O)OCC(=O)c3ccc(NC(=O)c4ccccc4)cc3)c12. The van der Waals surface area contributed by atoms with Crippen LogP contribution >= 0.6 is 0 Å². The molecule has 0 saturated heterocycles. The van der Waals surface area contributed by atoms with Gasteiger partial charge in [-0.2, -0.15) is 0 Å². The number of carbonyl (C=O) groups is 3. The van der Waals surface area contributed by atoms with Crippen molar-refractivity contribution in [1.29, 1.82) is 0 Å². The number of fused-ring (bicyclic) bond motifs is 1. The minimum absolute atomic E-state index is 0.160. The summed E-state index contributed by atoms with van der Waals surface area (Å²) in [6, 6.07) is 20.0. The highest BCUT2D eigenvalue weighted by atomic mass is 16.5. The van der Waals surface area contributed by atoms with Crippen molar-refractivity contribution in [1.82, 2.24) is 10.1 Å². The standard InChI is InChI=1S/C27H19N3O6/c1-16-24-20(14-21(23-8-5-13-34-23)29-26(24)36-30-16)27(33)35-15-22(31)17-9-11-19(12-10-17)28-25(32)18-6-3-2-4-7-18/h2-14H,15H2,1H3,(H,28,32). The van der Waals surface area contributed by atoms with Gasteiger partial charge in [-0.25, -0.2) is 9.78 Å². The molecule has 0 unspecified atom stereocenters. The number of nitrogens with one attached hydrogen (secondary N) is 1. The van der Waals surface area contributed by atoms with Crippen LogP contribution in [0.3, 0.4) is 0 Å². The second kappa shape index (κ2) is 9.67. The van der Waals surface area contributed by atoms with E-state index in [1.54, 1.807) is 67.6 Å². The Bertz CT molecular complexity index is 1550. The van der Waals surface area contributed by atoms with Crippen LogP contribution in [0.4, 0.5) is 5.69 Å². The number of aromatic nitrogens is 2. The first-order chi connectivity index (χ1) is 17.5. The van der Waals surface area contributed by atoms with Gasteiger partial charge in [0.05, 0.1) is 22.9 Å². The summed E-state index contributed by atoms with van der Waals surface area (Å²) >= 11 is 0. The van der Waals surface area contributed by atoms with Crippen LogP contribution in [-0.2, 0) is 4.74 Å². The number of ether oxygens (including phenoxy) is 1. The van der Waals surface area contributed by atoms with Gasteiger partial charge in [-0.15, -0.1) is 0 Å². The number of carbonyl (C=O) groups excluding carboxylic acids is 3. The molecule has 5 aromatic rings. The molecule has 0 aliphatic heterocycles. The molecule has 3 heterocycles. The molecule has 3 aromatic heterocycles. The molecule has 0 radical (unpaired) electrons. The van der Waals surface area contributed by atoms with E-state index >= 15 is 0 Å². The topological polar surface area (TPSA) is 125 Å². The van der Waals surface area contributed by atoms with Gasteiger partial charge in [0, 0.05) is 16.8 Å². The van der Waals surface area contributed by atoms with Gasteiger partial charge >= 0.3 is 5.97 Å². The van der Waals surface area contributed by atoms with Crippen LogP contribution in [0.25, 0.3) is 22.6 Å². The number of pyridine rings is 1. The molecular formula is C27H19N3O6. The zero-order valence-corrected chi connectivity index (χ0v) is 19.1. The number of amides is 1. The van der Waals surface area contributed by atoms with Crippen LogP contribution in [-0.4, -0.2) is 34.4 Å². The van der Waals surface area contributed by atoms with Gasteiger partial charge in [0.25, 0.3) is 11.6 Å². The van der Waals surface area contributed by atoms with Gasteiger partial charge in [-0.3, -0.25) is 9.59 Å². The lowest BCUT2D eigenvalue weighted by Gasteiger charge is -2.08. The number of aryl methyl sites for hydroxylation is 1. The van der Waals surface area contributed by atoms with E-state index in [0.717, 1.165) is 0 Å². The molecule has 0 spiro atoms. The molecule has 9 nitrogen and oxygen atoms in total. The number of Topliss-reactive ketones (excluding diaryl/α,β-unsaturated/α-hetero) is 1. The molecule has 0 bridgehead atoms. The Morgan fingerprint density at radius 1 is 0.944 bits per heavy atom. The lowest BCUT2D eigenvalue weighted by Crippen LogP contribution is -2.15. The molecule has 0 fully saturated rings. The number of rotatable bonds is 7. The van der Waals surface area contributed by atoms with Crippen molar-refractivity contribution >= 4 is 34.4 Å². The maximum atomic E-state index is 12.9. The molecule has 178 valence electrons. The van der Waals surface area contributed by atoms with Gasteiger partial charge in [0.1, 0.15) is 5.69 Å². The third kappa shape index (κ3) is 4.62. The third-order valence-corrected chi connectivity index (χ3v) is 5.45. The van der Waals surface area contributed by atoms with E-state index < -0.39 is 18.4 Å². The van der Waals surface area contributed by atoms with Crippen LogP contribution in [0.15, 0.2) is 88.0 Å². The summed E-state index contributed by atoms with van der Waals surface area (Å²) in [6.45, 7) is 1.21. The molecule has 0 aliphatic carbocycles. The zero-order chi connectivity index (χ0) is 25.1. The van der Waals surface area contributed by atoms with E-state index in [1.807, 2.05) is 6.07 Å². The predicted molar refractivity (Wildman–Crippen MR) is 130 cm³/mol. The average molecular weight is 481 g/mol. The number of esters is 1. The molecule has 0 saturated carbocycles. The maximum Gasteiger partial charge on any atom is 0.339 e. The molecule has 1 N–H and O–H groups in total. The van der Waals surface area contributed by atoms with E-state index in [0.29, 0.717) is 39.3 Å². The summed E-state index contributed by atoms with van der Waals surface area (Å²) < 4.78 is 15.9. The molecule has 0 aliphatic rings. The van der Waals surface area contributed by atoms with E-state index in [2.05, 4.69) is 15.5 Å². The minimum atomic E-state index is -0.721. The summed E-state index contributed by atoms with van der Waals surface area (Å²) in [5.41, 5.74) is 2.55. The van der Waals surface area contributed by atoms with E-state index in [9.17, 15) is 14.4 Å². The fourth-order valence-corrected chi connectivity index (χ4v) is 3.63. The number of nitrogens with zero attached hydrogens (tertiary/aromatic N) is 2. The van der Waals surface area contributed by atoms with Crippen LogP contribution in [0.2, 0.25) is 0 Å². The lowest BCUT2D eigenvalue weighted by atomic mass is 10.1. The number of benzene rings is 2. The first-order valence-corrected chi connectivity index (χ1v) is 11.0. The molecule has 9 heteroatoms. The van der Waals surface area contributed by atoms with Crippen molar-refractivity contribution in [2.45, 2.75) is 6.92 Å². The molecular weight excluding hydrogens is 462 g/mol. The fraction of sp³-hybridized carbons (Fsp3) is 0.0741. The smallest absolute Gasteiger partial charge is 0.339 e. The highest BCUT2D eigenvalue weighted by molar-refractivity contribution is 6.06. The van der Waals surface area contributed by atoms with Crippen molar-refractivity contribution in [2.24, 2.45) is 0 Å². The van der Waals surface area contributed by atoms with E-state index in [1.165, 1.54) is 12.3 Å². The highest BCUT2D eigenvalue weighted by Gasteiger charge is 2.22. The molecule has 2 aromatic carbocycles.